The summed E-state index contributed by atoms with van der Waals surface area (Å²) < 4.78 is 7.28. The quantitative estimate of drug-likeness (QED) is 0.893. The number of carbonyl (C=O) groups excluding carboxylic acids is 1. The predicted octanol–water partition coefficient (Wildman–Crippen LogP) is 2.18. The maximum atomic E-state index is 11.9. The zero-order valence-corrected chi connectivity index (χ0v) is 11.1. The van der Waals surface area contributed by atoms with Gasteiger partial charge in [-0.2, -0.15) is 0 Å². The highest BCUT2D eigenvalue weighted by Crippen LogP contribution is 2.28. The molecule has 1 fully saturated rings. The van der Waals surface area contributed by atoms with Crippen molar-refractivity contribution in [3.63, 3.8) is 0 Å². The van der Waals surface area contributed by atoms with Crippen LogP contribution < -0.4 is 10.1 Å². The lowest BCUT2D eigenvalue weighted by Gasteiger charge is -2.07. The van der Waals surface area contributed by atoms with Gasteiger partial charge in [0.1, 0.15) is 12.3 Å². The number of hydrogen-bond donors (Lipinski definition) is 1. The van der Waals surface area contributed by atoms with E-state index in [0.717, 1.165) is 23.2 Å². The molecule has 3 rings (SSSR count). The van der Waals surface area contributed by atoms with E-state index in [0.29, 0.717) is 12.5 Å². The van der Waals surface area contributed by atoms with Gasteiger partial charge in [-0.15, -0.1) is 0 Å². The van der Waals surface area contributed by atoms with E-state index in [1.165, 1.54) is 12.8 Å². The van der Waals surface area contributed by atoms with Crippen LogP contribution in [-0.2, 0) is 11.3 Å². The molecule has 1 N–H and O–H groups in total. The van der Waals surface area contributed by atoms with Crippen LogP contribution in [0.2, 0.25) is 0 Å². The molecule has 1 heterocycles. The van der Waals surface area contributed by atoms with Crippen molar-refractivity contribution in [3.05, 3.63) is 30.5 Å². The fraction of sp³-hybridized carbons (Fsp3) is 0.400. The van der Waals surface area contributed by atoms with Crippen LogP contribution in [0.3, 0.4) is 0 Å². The molecule has 19 heavy (non-hydrogen) atoms. The first-order chi connectivity index (χ1) is 9.28. The summed E-state index contributed by atoms with van der Waals surface area (Å²) in [4.78, 5) is 11.9. The molecular formula is C15H18N2O2. The average Bonchev–Trinajstić information content (AvgIpc) is 3.18. The summed E-state index contributed by atoms with van der Waals surface area (Å²) in [5.74, 6) is 1.63. The number of benzene rings is 1. The summed E-state index contributed by atoms with van der Waals surface area (Å²) in [5, 5.41) is 4.03. The molecule has 4 nitrogen and oxygen atoms in total. The van der Waals surface area contributed by atoms with E-state index in [1.54, 1.807) is 7.11 Å². The van der Waals surface area contributed by atoms with Crippen molar-refractivity contribution in [3.8, 4) is 5.75 Å². The molecule has 0 aliphatic heterocycles. The summed E-state index contributed by atoms with van der Waals surface area (Å²) in [5.41, 5.74) is 1.03. The Hall–Kier alpha value is -1.97. The molecule has 0 radical (unpaired) electrons. The largest absolute Gasteiger partial charge is 0.496 e. The van der Waals surface area contributed by atoms with Crippen LogP contribution in [0.1, 0.15) is 12.8 Å². The van der Waals surface area contributed by atoms with Crippen molar-refractivity contribution in [2.24, 2.45) is 5.92 Å². The number of methoxy groups -OCH3 is 1. The summed E-state index contributed by atoms with van der Waals surface area (Å²) in [7, 11) is 1.66. The van der Waals surface area contributed by atoms with Gasteiger partial charge in [0, 0.05) is 18.1 Å². The summed E-state index contributed by atoms with van der Waals surface area (Å²) in [6, 6.07) is 7.87. The molecule has 1 saturated carbocycles. The van der Waals surface area contributed by atoms with Gasteiger partial charge in [-0.05, 0) is 37.0 Å². The Morgan fingerprint density at radius 2 is 2.26 bits per heavy atom. The van der Waals surface area contributed by atoms with E-state index in [9.17, 15) is 4.79 Å². The highest BCUT2D eigenvalue weighted by atomic mass is 16.5. The molecule has 100 valence electrons. The molecular weight excluding hydrogens is 240 g/mol. The van der Waals surface area contributed by atoms with Gasteiger partial charge in [0.05, 0.1) is 12.6 Å². The fourth-order valence-electron chi connectivity index (χ4n) is 2.30. The van der Waals surface area contributed by atoms with Crippen LogP contribution in [0.25, 0.3) is 10.9 Å². The second kappa shape index (κ2) is 4.96. The maximum absolute atomic E-state index is 11.9. The number of ether oxygens (including phenoxy) is 1. The van der Waals surface area contributed by atoms with Gasteiger partial charge in [0.2, 0.25) is 5.91 Å². The molecule has 0 unspecified atom stereocenters. The van der Waals surface area contributed by atoms with E-state index in [-0.39, 0.29) is 5.91 Å². The van der Waals surface area contributed by atoms with E-state index >= 15 is 0 Å². The van der Waals surface area contributed by atoms with Crippen molar-refractivity contribution >= 4 is 16.8 Å². The number of rotatable bonds is 5. The minimum absolute atomic E-state index is 0.0761. The summed E-state index contributed by atoms with van der Waals surface area (Å²) in [6.45, 7) is 1.19. The number of aromatic nitrogens is 1. The van der Waals surface area contributed by atoms with Crippen molar-refractivity contribution < 1.29 is 9.53 Å². The summed E-state index contributed by atoms with van der Waals surface area (Å²) >= 11 is 0. The zero-order valence-electron chi connectivity index (χ0n) is 11.1. The van der Waals surface area contributed by atoms with Gasteiger partial charge < -0.3 is 14.6 Å². The first-order valence-corrected chi connectivity index (χ1v) is 6.66. The first-order valence-electron chi connectivity index (χ1n) is 6.66. The van der Waals surface area contributed by atoms with E-state index < -0.39 is 0 Å². The SMILES string of the molecule is COc1cccc2c1ccn2CC(=O)NCC1CC1. The number of nitrogens with zero attached hydrogens (tertiary/aromatic N) is 1. The molecule has 1 aromatic carbocycles. The van der Waals surface area contributed by atoms with Gasteiger partial charge >= 0.3 is 0 Å². The summed E-state index contributed by atoms with van der Waals surface area (Å²) in [6.07, 6.45) is 4.44. The second-order valence-electron chi connectivity index (χ2n) is 5.08. The molecule has 0 spiro atoms. The van der Waals surface area contributed by atoms with Crippen LogP contribution in [0, 0.1) is 5.92 Å². The van der Waals surface area contributed by atoms with Crippen molar-refractivity contribution in [2.75, 3.05) is 13.7 Å². The van der Waals surface area contributed by atoms with Crippen molar-refractivity contribution in [2.45, 2.75) is 19.4 Å². The second-order valence-corrected chi connectivity index (χ2v) is 5.08. The topological polar surface area (TPSA) is 43.3 Å². The molecule has 1 amide bonds. The zero-order chi connectivity index (χ0) is 13.2. The molecule has 4 heteroatoms. The molecule has 1 aliphatic rings. The van der Waals surface area contributed by atoms with Crippen molar-refractivity contribution in [1.29, 1.82) is 0 Å². The lowest BCUT2D eigenvalue weighted by molar-refractivity contribution is -0.121. The number of fused-ring (bicyclic) bond motifs is 1. The Morgan fingerprint density at radius 3 is 3.00 bits per heavy atom. The van der Waals surface area contributed by atoms with E-state index in [1.807, 2.05) is 35.0 Å². The normalized spacial score (nSPS) is 14.6. The molecule has 1 aromatic heterocycles. The van der Waals surface area contributed by atoms with Gasteiger partial charge in [-0.25, -0.2) is 0 Å². The van der Waals surface area contributed by atoms with Crippen LogP contribution >= 0.6 is 0 Å². The standard InChI is InChI=1S/C15H18N2O2/c1-19-14-4-2-3-13-12(14)7-8-17(13)10-15(18)16-9-11-5-6-11/h2-4,7-8,11H,5-6,9-10H2,1H3,(H,16,18). The molecule has 0 atom stereocenters. The minimum Gasteiger partial charge on any atom is -0.496 e. The van der Waals surface area contributed by atoms with Gasteiger partial charge in [-0.3, -0.25) is 4.79 Å². The van der Waals surface area contributed by atoms with Gasteiger partial charge in [0.25, 0.3) is 0 Å². The predicted molar refractivity (Wildman–Crippen MR) is 74.2 cm³/mol. The molecule has 0 saturated heterocycles. The smallest absolute Gasteiger partial charge is 0.239 e. The van der Waals surface area contributed by atoms with Crippen LogP contribution in [0.4, 0.5) is 0 Å². The Bertz CT molecular complexity index is 599. The monoisotopic (exact) mass is 258 g/mol. The lowest BCUT2D eigenvalue weighted by Crippen LogP contribution is -2.29. The number of amides is 1. The third-order valence-electron chi connectivity index (χ3n) is 3.59. The maximum Gasteiger partial charge on any atom is 0.239 e. The fourth-order valence-corrected chi connectivity index (χ4v) is 2.30. The van der Waals surface area contributed by atoms with Crippen LogP contribution in [0.15, 0.2) is 30.5 Å². The van der Waals surface area contributed by atoms with Crippen LogP contribution in [0.5, 0.6) is 5.75 Å². The third kappa shape index (κ3) is 2.57. The Balaban J connectivity index is 1.75. The first kappa shape index (κ1) is 12.1. The highest BCUT2D eigenvalue weighted by Gasteiger charge is 2.21. The Labute approximate surface area is 112 Å². The third-order valence-corrected chi connectivity index (χ3v) is 3.59. The lowest BCUT2D eigenvalue weighted by atomic mass is 10.2. The molecule has 0 bridgehead atoms. The van der Waals surface area contributed by atoms with E-state index in [4.69, 9.17) is 4.74 Å². The number of hydrogen-bond acceptors (Lipinski definition) is 2. The van der Waals surface area contributed by atoms with Crippen molar-refractivity contribution in [1.82, 2.24) is 9.88 Å². The molecule has 2 aromatic rings. The van der Waals surface area contributed by atoms with Crippen LogP contribution in [-0.4, -0.2) is 24.1 Å². The average molecular weight is 258 g/mol. The van der Waals surface area contributed by atoms with Gasteiger partial charge in [0.15, 0.2) is 0 Å². The Kier molecular flexibility index (Phi) is 3.15. The number of carbonyl (C=O) groups is 1. The Morgan fingerprint density at radius 1 is 1.42 bits per heavy atom. The molecule has 1 aliphatic carbocycles. The highest BCUT2D eigenvalue weighted by molar-refractivity contribution is 5.88. The number of nitrogens with one attached hydrogen (secondary N) is 1. The van der Waals surface area contributed by atoms with E-state index in [2.05, 4.69) is 5.32 Å². The minimum atomic E-state index is 0.0761. The van der Waals surface area contributed by atoms with Gasteiger partial charge in [-0.1, -0.05) is 6.07 Å².